The minimum absolute atomic E-state index is 0.316. The highest BCUT2D eigenvalue weighted by Crippen LogP contribution is 2.27. The van der Waals surface area contributed by atoms with E-state index in [4.69, 9.17) is 19.0 Å². The van der Waals surface area contributed by atoms with Crippen molar-refractivity contribution < 1.29 is 29.2 Å². The van der Waals surface area contributed by atoms with E-state index in [1.54, 1.807) is 19.1 Å². The van der Waals surface area contributed by atoms with Crippen LogP contribution in [0.3, 0.4) is 0 Å². The van der Waals surface area contributed by atoms with E-state index >= 15 is 0 Å². The molecule has 22 heavy (non-hydrogen) atoms. The van der Waals surface area contributed by atoms with Crippen molar-refractivity contribution in [3.63, 3.8) is 0 Å². The summed E-state index contributed by atoms with van der Waals surface area (Å²) >= 11 is 0. The van der Waals surface area contributed by atoms with Crippen molar-refractivity contribution in [3.05, 3.63) is 40.2 Å². The first-order chi connectivity index (χ1) is 10.5. The molecular weight excluding hydrogens is 292 g/mol. The molecule has 2 aromatic rings. The lowest BCUT2D eigenvalue weighted by atomic mass is 10.1. The van der Waals surface area contributed by atoms with Crippen LogP contribution in [0.25, 0.3) is 11.0 Å². The van der Waals surface area contributed by atoms with Gasteiger partial charge in [0, 0.05) is 17.5 Å². The van der Waals surface area contributed by atoms with Gasteiger partial charge in [-0.3, -0.25) is 0 Å². The van der Waals surface area contributed by atoms with Crippen LogP contribution in [0.15, 0.2) is 33.5 Å². The van der Waals surface area contributed by atoms with E-state index in [-0.39, 0.29) is 0 Å². The maximum Gasteiger partial charge on any atom is 0.336 e. The first-order valence-electron chi connectivity index (χ1n) is 6.83. The molecule has 1 aromatic heterocycles. The summed E-state index contributed by atoms with van der Waals surface area (Å²) in [5.41, 5.74) is 0.676. The lowest BCUT2D eigenvalue weighted by molar-refractivity contribution is -0.116. The van der Waals surface area contributed by atoms with Crippen LogP contribution in [0.5, 0.6) is 5.75 Å². The third kappa shape index (κ3) is 2.59. The van der Waals surface area contributed by atoms with Gasteiger partial charge in [-0.2, -0.15) is 0 Å². The summed E-state index contributed by atoms with van der Waals surface area (Å²) < 4.78 is 15.8. The second-order valence-electron chi connectivity index (χ2n) is 5.23. The van der Waals surface area contributed by atoms with Crippen molar-refractivity contribution in [1.29, 1.82) is 0 Å². The minimum atomic E-state index is -1.28. The molecule has 0 saturated carbocycles. The molecule has 1 aliphatic heterocycles. The van der Waals surface area contributed by atoms with Crippen LogP contribution in [0.4, 0.5) is 0 Å². The summed E-state index contributed by atoms with van der Waals surface area (Å²) in [4.78, 5) is 11.4. The lowest BCUT2D eigenvalue weighted by Crippen LogP contribution is -2.35. The van der Waals surface area contributed by atoms with Crippen molar-refractivity contribution in [1.82, 2.24) is 0 Å². The zero-order valence-electron chi connectivity index (χ0n) is 11.8. The van der Waals surface area contributed by atoms with Gasteiger partial charge >= 0.3 is 5.63 Å². The fourth-order valence-electron chi connectivity index (χ4n) is 2.48. The van der Waals surface area contributed by atoms with Crippen molar-refractivity contribution in [2.75, 3.05) is 6.61 Å². The lowest BCUT2D eigenvalue weighted by Gasteiger charge is -2.17. The van der Waals surface area contributed by atoms with Gasteiger partial charge < -0.3 is 29.2 Å². The normalized spacial score (nSPS) is 28.2. The average molecular weight is 308 g/mol. The molecule has 0 radical (unpaired) electrons. The molecule has 0 unspecified atom stereocenters. The molecule has 0 spiro atoms. The highest BCUT2D eigenvalue weighted by Gasteiger charge is 2.43. The van der Waals surface area contributed by atoms with Crippen LogP contribution >= 0.6 is 0 Å². The van der Waals surface area contributed by atoms with Gasteiger partial charge in [0.05, 0.1) is 6.61 Å². The smallest absolute Gasteiger partial charge is 0.336 e. The van der Waals surface area contributed by atoms with E-state index < -0.39 is 36.8 Å². The number of hydrogen-bond donors (Lipinski definition) is 3. The molecule has 3 N–H and O–H groups in total. The molecule has 3 rings (SSSR count). The fourth-order valence-corrected chi connectivity index (χ4v) is 2.48. The Hall–Kier alpha value is -1.93. The maximum absolute atomic E-state index is 11.4. The van der Waals surface area contributed by atoms with Gasteiger partial charge in [0.2, 0.25) is 6.29 Å². The van der Waals surface area contributed by atoms with Gasteiger partial charge in [0.1, 0.15) is 29.6 Å². The summed E-state index contributed by atoms with van der Waals surface area (Å²) in [5, 5.41) is 29.3. The zero-order valence-corrected chi connectivity index (χ0v) is 11.8. The standard InChI is InChI=1S/C15H16O7/c1-7-4-12(17)21-10-5-8(2-3-9(7)10)20-15-14(19)13(18)11(6-16)22-15/h2-5,11,13-16,18-19H,6H2,1H3/t11-,13+,14-,15-/m1/s1. The molecule has 0 bridgehead atoms. The third-order valence-corrected chi connectivity index (χ3v) is 3.67. The monoisotopic (exact) mass is 308 g/mol. The number of fused-ring (bicyclic) bond motifs is 1. The third-order valence-electron chi connectivity index (χ3n) is 3.67. The highest BCUT2D eigenvalue weighted by atomic mass is 16.7. The number of aryl methyl sites for hydroxylation is 1. The zero-order chi connectivity index (χ0) is 15.9. The van der Waals surface area contributed by atoms with Gasteiger partial charge in [0.25, 0.3) is 0 Å². The second-order valence-corrected chi connectivity index (χ2v) is 5.23. The largest absolute Gasteiger partial charge is 0.462 e. The summed E-state index contributed by atoms with van der Waals surface area (Å²) in [6.07, 6.45) is -4.52. The molecule has 0 amide bonds. The van der Waals surface area contributed by atoms with Crippen molar-refractivity contribution in [3.8, 4) is 5.75 Å². The van der Waals surface area contributed by atoms with Crippen molar-refractivity contribution >= 4 is 11.0 Å². The van der Waals surface area contributed by atoms with E-state index in [1.807, 2.05) is 0 Å². The summed E-state index contributed by atoms with van der Waals surface area (Å²) in [5.74, 6) is 0.316. The van der Waals surface area contributed by atoms with Crippen molar-refractivity contribution in [2.24, 2.45) is 0 Å². The molecule has 4 atom stereocenters. The Bertz CT molecular complexity index is 738. The van der Waals surface area contributed by atoms with E-state index in [2.05, 4.69) is 0 Å². The van der Waals surface area contributed by atoms with Crippen LogP contribution in [-0.2, 0) is 4.74 Å². The Morgan fingerprint density at radius 1 is 1.23 bits per heavy atom. The Morgan fingerprint density at radius 3 is 2.68 bits per heavy atom. The predicted octanol–water partition coefficient (Wildman–Crippen LogP) is -0.0808. The number of rotatable bonds is 3. The Labute approximate surface area is 125 Å². The first kappa shape index (κ1) is 15.0. The number of aliphatic hydroxyl groups is 3. The average Bonchev–Trinajstić information content (AvgIpc) is 2.74. The van der Waals surface area contributed by atoms with Crippen LogP contribution < -0.4 is 10.4 Å². The predicted molar refractivity (Wildman–Crippen MR) is 75.6 cm³/mol. The van der Waals surface area contributed by atoms with Gasteiger partial charge in [0.15, 0.2) is 0 Å². The second kappa shape index (κ2) is 5.69. The van der Waals surface area contributed by atoms with Gasteiger partial charge in [-0.05, 0) is 24.6 Å². The summed E-state index contributed by atoms with van der Waals surface area (Å²) in [6.45, 7) is 1.37. The van der Waals surface area contributed by atoms with Crippen LogP contribution in [0.2, 0.25) is 0 Å². The van der Waals surface area contributed by atoms with E-state index in [9.17, 15) is 15.0 Å². The maximum atomic E-state index is 11.4. The van der Waals surface area contributed by atoms with Crippen LogP contribution in [0, 0.1) is 6.92 Å². The summed E-state index contributed by atoms with van der Waals surface area (Å²) in [6, 6.07) is 6.28. The van der Waals surface area contributed by atoms with E-state index in [0.29, 0.717) is 11.3 Å². The van der Waals surface area contributed by atoms with E-state index in [1.165, 1.54) is 12.1 Å². The summed E-state index contributed by atoms with van der Waals surface area (Å²) in [7, 11) is 0. The van der Waals surface area contributed by atoms with Gasteiger partial charge in [-0.25, -0.2) is 4.79 Å². The number of ether oxygens (including phenoxy) is 2. The van der Waals surface area contributed by atoms with Crippen LogP contribution in [-0.4, -0.2) is 46.5 Å². The molecule has 1 aromatic carbocycles. The molecule has 1 fully saturated rings. The van der Waals surface area contributed by atoms with E-state index in [0.717, 1.165) is 10.9 Å². The molecular formula is C15H16O7. The quantitative estimate of drug-likeness (QED) is 0.680. The van der Waals surface area contributed by atoms with Gasteiger partial charge in [-0.15, -0.1) is 0 Å². The van der Waals surface area contributed by atoms with Gasteiger partial charge in [-0.1, -0.05) is 0 Å². The molecule has 7 heteroatoms. The Morgan fingerprint density at radius 2 is 2.00 bits per heavy atom. The van der Waals surface area contributed by atoms with Crippen molar-refractivity contribution in [2.45, 2.75) is 31.5 Å². The molecule has 1 saturated heterocycles. The highest BCUT2D eigenvalue weighted by molar-refractivity contribution is 5.81. The minimum Gasteiger partial charge on any atom is -0.462 e. The SMILES string of the molecule is Cc1cc(=O)oc2cc(O[C@@H]3O[C@H](CO)[C@H](O)[C@H]3O)ccc12. The molecule has 1 aliphatic rings. The first-order valence-corrected chi connectivity index (χ1v) is 6.83. The Balaban J connectivity index is 1.87. The number of aliphatic hydroxyl groups excluding tert-OH is 3. The number of hydrogen-bond acceptors (Lipinski definition) is 7. The molecule has 2 heterocycles. The topological polar surface area (TPSA) is 109 Å². The molecule has 7 nitrogen and oxygen atoms in total. The number of benzene rings is 1. The van der Waals surface area contributed by atoms with Crippen LogP contribution in [0.1, 0.15) is 5.56 Å². The molecule has 118 valence electrons. The Kier molecular flexibility index (Phi) is 3.88. The fraction of sp³-hybridized carbons (Fsp3) is 0.400. The molecule has 0 aliphatic carbocycles.